The molecule has 0 spiro atoms. The maximum absolute atomic E-state index is 11.8. The van der Waals surface area contributed by atoms with Gasteiger partial charge in [0.15, 0.2) is 0 Å². The zero-order chi connectivity index (χ0) is 15.9. The molecule has 0 saturated carbocycles. The van der Waals surface area contributed by atoms with Crippen LogP contribution in [0.3, 0.4) is 0 Å². The van der Waals surface area contributed by atoms with Gasteiger partial charge in [0.05, 0.1) is 12.5 Å². The van der Waals surface area contributed by atoms with Crippen LogP contribution in [0.5, 0.6) is 5.75 Å². The molecule has 2 atom stereocenters. The fourth-order valence-electron chi connectivity index (χ4n) is 3.95. The van der Waals surface area contributed by atoms with Gasteiger partial charge in [0.25, 0.3) is 0 Å². The minimum Gasteiger partial charge on any atom is -0.497 e. The van der Waals surface area contributed by atoms with Crippen molar-refractivity contribution >= 4 is 16.7 Å². The van der Waals surface area contributed by atoms with E-state index in [-0.39, 0.29) is 5.92 Å². The van der Waals surface area contributed by atoms with Crippen molar-refractivity contribution in [2.24, 2.45) is 5.41 Å². The Morgan fingerprint density at radius 3 is 2.77 bits per heavy atom. The minimum atomic E-state index is -0.681. The second-order valence-electron chi connectivity index (χ2n) is 6.40. The summed E-state index contributed by atoms with van der Waals surface area (Å²) < 4.78 is 5.30. The summed E-state index contributed by atoms with van der Waals surface area (Å²) >= 11 is 0. The van der Waals surface area contributed by atoms with Crippen LogP contribution in [-0.2, 0) is 11.2 Å². The molecular weight excluding hydrogens is 276 g/mol. The third-order valence-electron chi connectivity index (χ3n) is 5.31. The van der Waals surface area contributed by atoms with E-state index >= 15 is 0 Å². The summed E-state index contributed by atoms with van der Waals surface area (Å²) in [4.78, 5) is 11.8. The normalized spacial score (nSPS) is 24.0. The van der Waals surface area contributed by atoms with Gasteiger partial charge in [-0.25, -0.2) is 0 Å². The molecule has 0 amide bonds. The molecule has 0 radical (unpaired) electrons. The molecule has 3 heteroatoms. The van der Waals surface area contributed by atoms with E-state index in [9.17, 15) is 9.90 Å². The zero-order valence-electron chi connectivity index (χ0n) is 13.3. The van der Waals surface area contributed by atoms with E-state index in [4.69, 9.17) is 4.74 Å². The van der Waals surface area contributed by atoms with E-state index < -0.39 is 11.4 Å². The first-order chi connectivity index (χ1) is 10.5. The number of rotatable bonds is 3. The van der Waals surface area contributed by atoms with Crippen LogP contribution in [0.15, 0.2) is 30.3 Å². The highest BCUT2D eigenvalue weighted by Gasteiger charge is 2.44. The van der Waals surface area contributed by atoms with Crippen LogP contribution in [0.1, 0.15) is 43.7 Å². The van der Waals surface area contributed by atoms with Crippen molar-refractivity contribution in [2.45, 2.75) is 39.0 Å². The number of hydrogen-bond acceptors (Lipinski definition) is 2. The first-order valence-corrected chi connectivity index (χ1v) is 7.84. The first-order valence-electron chi connectivity index (χ1n) is 7.84. The van der Waals surface area contributed by atoms with Crippen molar-refractivity contribution in [3.05, 3.63) is 41.5 Å². The van der Waals surface area contributed by atoms with E-state index in [0.717, 1.165) is 24.0 Å². The summed E-state index contributed by atoms with van der Waals surface area (Å²) in [5.41, 5.74) is 1.85. The zero-order valence-corrected chi connectivity index (χ0v) is 13.3. The Kier molecular flexibility index (Phi) is 3.59. The number of benzene rings is 2. The highest BCUT2D eigenvalue weighted by atomic mass is 16.5. The predicted octanol–water partition coefficient (Wildman–Crippen LogP) is 4.38. The molecule has 1 N–H and O–H groups in total. The molecule has 0 saturated heterocycles. The molecular formula is C19H22O3. The van der Waals surface area contributed by atoms with Crippen LogP contribution >= 0.6 is 0 Å². The van der Waals surface area contributed by atoms with Gasteiger partial charge in [0.1, 0.15) is 5.75 Å². The molecule has 3 rings (SSSR count). The Labute approximate surface area is 130 Å². The maximum Gasteiger partial charge on any atom is 0.309 e. The Balaban J connectivity index is 2.19. The average molecular weight is 298 g/mol. The van der Waals surface area contributed by atoms with Gasteiger partial charge in [-0.3, -0.25) is 4.79 Å². The number of aryl methyl sites for hydroxylation is 1. The molecule has 116 valence electrons. The monoisotopic (exact) mass is 298 g/mol. The molecule has 1 aliphatic rings. The standard InChI is InChI=1S/C19H22O3/c1-4-17-16-7-5-12-11-13(22-3)6-8-14(12)15(16)9-10-19(17,2)18(20)21/h5-8,11,17H,4,9-10H2,1-3H3,(H,20,21). The summed E-state index contributed by atoms with van der Waals surface area (Å²) in [6.45, 7) is 3.98. The lowest BCUT2D eigenvalue weighted by molar-refractivity contribution is -0.150. The van der Waals surface area contributed by atoms with Crippen molar-refractivity contribution in [3.63, 3.8) is 0 Å². The van der Waals surface area contributed by atoms with Crippen molar-refractivity contribution in [2.75, 3.05) is 7.11 Å². The maximum atomic E-state index is 11.8. The Morgan fingerprint density at radius 2 is 2.14 bits per heavy atom. The number of fused-ring (bicyclic) bond motifs is 3. The van der Waals surface area contributed by atoms with E-state index in [2.05, 4.69) is 25.1 Å². The van der Waals surface area contributed by atoms with Crippen LogP contribution in [0.2, 0.25) is 0 Å². The second-order valence-corrected chi connectivity index (χ2v) is 6.40. The highest BCUT2D eigenvalue weighted by molar-refractivity contribution is 5.89. The summed E-state index contributed by atoms with van der Waals surface area (Å²) in [5, 5.41) is 12.1. The molecule has 2 unspecified atom stereocenters. The van der Waals surface area contributed by atoms with Gasteiger partial charge in [-0.05, 0) is 66.1 Å². The summed E-state index contributed by atoms with van der Waals surface area (Å²) in [6, 6.07) is 10.3. The van der Waals surface area contributed by atoms with Crippen LogP contribution in [0.4, 0.5) is 0 Å². The molecule has 0 heterocycles. The summed E-state index contributed by atoms with van der Waals surface area (Å²) in [6.07, 6.45) is 2.36. The SMILES string of the molecule is CCC1c2ccc3cc(OC)ccc3c2CCC1(C)C(=O)O. The van der Waals surface area contributed by atoms with Crippen LogP contribution < -0.4 is 4.74 Å². The molecule has 0 bridgehead atoms. The van der Waals surface area contributed by atoms with Crippen molar-refractivity contribution in [3.8, 4) is 5.75 Å². The molecule has 2 aromatic carbocycles. The smallest absolute Gasteiger partial charge is 0.309 e. The Morgan fingerprint density at radius 1 is 1.36 bits per heavy atom. The van der Waals surface area contributed by atoms with E-state index in [0.29, 0.717) is 6.42 Å². The molecule has 1 aliphatic carbocycles. The van der Waals surface area contributed by atoms with Crippen LogP contribution in [-0.4, -0.2) is 18.2 Å². The van der Waals surface area contributed by atoms with Gasteiger partial charge in [0.2, 0.25) is 0 Å². The van der Waals surface area contributed by atoms with E-state index in [1.165, 1.54) is 16.5 Å². The van der Waals surface area contributed by atoms with Gasteiger partial charge in [-0.1, -0.05) is 25.1 Å². The van der Waals surface area contributed by atoms with Crippen molar-refractivity contribution in [1.29, 1.82) is 0 Å². The molecule has 2 aromatic rings. The lowest BCUT2D eigenvalue weighted by atomic mass is 9.63. The minimum absolute atomic E-state index is 0.0697. The third-order valence-corrected chi connectivity index (χ3v) is 5.31. The fraction of sp³-hybridized carbons (Fsp3) is 0.421. The third kappa shape index (κ3) is 2.07. The molecule has 0 fully saturated rings. The fourth-order valence-corrected chi connectivity index (χ4v) is 3.95. The number of hydrogen-bond donors (Lipinski definition) is 1. The average Bonchev–Trinajstić information content (AvgIpc) is 2.53. The number of methoxy groups -OCH3 is 1. The Bertz CT molecular complexity index is 735. The molecule has 0 aromatic heterocycles. The van der Waals surface area contributed by atoms with Gasteiger partial charge in [-0.15, -0.1) is 0 Å². The highest BCUT2D eigenvalue weighted by Crippen LogP contribution is 2.49. The number of aliphatic carboxylic acids is 1. The quantitative estimate of drug-likeness (QED) is 0.914. The van der Waals surface area contributed by atoms with Crippen LogP contribution in [0, 0.1) is 5.41 Å². The van der Waals surface area contributed by atoms with E-state index in [1.54, 1.807) is 7.11 Å². The van der Waals surface area contributed by atoms with Gasteiger partial charge in [0, 0.05) is 0 Å². The Hall–Kier alpha value is -2.03. The molecule has 0 aliphatic heterocycles. The predicted molar refractivity (Wildman–Crippen MR) is 87.6 cm³/mol. The largest absolute Gasteiger partial charge is 0.497 e. The number of carbonyl (C=O) groups is 1. The summed E-state index contributed by atoms with van der Waals surface area (Å²) in [5.74, 6) is 0.241. The van der Waals surface area contributed by atoms with Crippen LogP contribution in [0.25, 0.3) is 10.8 Å². The number of carboxylic acids is 1. The summed E-state index contributed by atoms with van der Waals surface area (Å²) in [7, 11) is 1.67. The second kappa shape index (κ2) is 5.31. The van der Waals surface area contributed by atoms with Gasteiger partial charge in [-0.2, -0.15) is 0 Å². The van der Waals surface area contributed by atoms with Crippen molar-refractivity contribution in [1.82, 2.24) is 0 Å². The number of carboxylic acid groups (broad SMARTS) is 1. The van der Waals surface area contributed by atoms with Gasteiger partial charge >= 0.3 is 5.97 Å². The van der Waals surface area contributed by atoms with Gasteiger partial charge < -0.3 is 9.84 Å². The molecule has 3 nitrogen and oxygen atoms in total. The topological polar surface area (TPSA) is 46.5 Å². The first kappa shape index (κ1) is 14.9. The number of ether oxygens (including phenoxy) is 1. The van der Waals surface area contributed by atoms with E-state index in [1.807, 2.05) is 19.1 Å². The lowest BCUT2D eigenvalue weighted by Gasteiger charge is -2.39. The lowest BCUT2D eigenvalue weighted by Crippen LogP contribution is -2.38. The molecule has 22 heavy (non-hydrogen) atoms. The van der Waals surface area contributed by atoms with Crippen molar-refractivity contribution < 1.29 is 14.6 Å².